The molecule has 1 aliphatic rings. The average molecular weight is 244 g/mol. The number of likely N-dealkylation sites (N-methyl/N-ethyl adjacent to an activating group) is 1. The summed E-state index contributed by atoms with van der Waals surface area (Å²) < 4.78 is 10.1. The van der Waals surface area contributed by atoms with Crippen molar-refractivity contribution >= 4 is 5.91 Å². The average Bonchev–Trinajstić information content (AvgIpc) is 2.35. The monoisotopic (exact) mass is 244 g/mol. The summed E-state index contributed by atoms with van der Waals surface area (Å²) in [4.78, 5) is 13.7. The van der Waals surface area contributed by atoms with E-state index >= 15 is 0 Å². The van der Waals surface area contributed by atoms with E-state index in [-0.39, 0.29) is 12.5 Å². The van der Waals surface area contributed by atoms with Crippen LogP contribution in [-0.2, 0) is 14.3 Å². The van der Waals surface area contributed by atoms with Crippen molar-refractivity contribution in [2.45, 2.75) is 25.8 Å². The van der Waals surface area contributed by atoms with Crippen LogP contribution >= 0.6 is 0 Å². The van der Waals surface area contributed by atoms with Crippen molar-refractivity contribution in [3.8, 4) is 0 Å². The number of methoxy groups -OCH3 is 1. The molecule has 0 aromatic carbocycles. The Bertz CT molecular complexity index is 222. The van der Waals surface area contributed by atoms with Crippen LogP contribution in [0.15, 0.2) is 0 Å². The van der Waals surface area contributed by atoms with Crippen LogP contribution in [0.1, 0.15) is 19.8 Å². The third-order valence-corrected chi connectivity index (χ3v) is 2.92. The highest BCUT2D eigenvalue weighted by Crippen LogP contribution is 2.10. The lowest BCUT2D eigenvalue weighted by molar-refractivity contribution is -0.137. The number of carbonyl (C=O) groups is 1. The molecule has 17 heavy (non-hydrogen) atoms. The summed E-state index contributed by atoms with van der Waals surface area (Å²) in [5, 5.41) is 3.39. The van der Waals surface area contributed by atoms with E-state index in [1.165, 1.54) is 0 Å². The first-order valence-corrected chi connectivity index (χ1v) is 6.35. The van der Waals surface area contributed by atoms with E-state index in [1.807, 2.05) is 4.90 Å². The molecule has 1 heterocycles. The smallest absolute Gasteiger partial charge is 0.248 e. The van der Waals surface area contributed by atoms with Crippen molar-refractivity contribution in [1.29, 1.82) is 0 Å². The standard InChI is InChI=1S/C12H24N2O3/c1-3-13-11-5-4-6-14(9-11)12(15)10-17-8-7-16-2/h11,13H,3-10H2,1-2H3. The summed E-state index contributed by atoms with van der Waals surface area (Å²) in [6.07, 6.45) is 2.23. The molecule has 1 N–H and O–H groups in total. The summed E-state index contributed by atoms with van der Waals surface area (Å²) in [5.41, 5.74) is 0. The van der Waals surface area contributed by atoms with Gasteiger partial charge in [-0.3, -0.25) is 4.79 Å². The minimum absolute atomic E-state index is 0.0868. The number of ether oxygens (including phenoxy) is 2. The highest BCUT2D eigenvalue weighted by molar-refractivity contribution is 5.77. The van der Waals surface area contributed by atoms with Gasteiger partial charge in [-0.25, -0.2) is 0 Å². The first kappa shape index (κ1) is 14.4. The predicted molar refractivity (Wildman–Crippen MR) is 66.0 cm³/mol. The van der Waals surface area contributed by atoms with Crippen LogP contribution in [0, 0.1) is 0 Å². The Morgan fingerprint density at radius 1 is 1.47 bits per heavy atom. The number of hydrogen-bond donors (Lipinski definition) is 1. The molecular formula is C12H24N2O3. The lowest BCUT2D eigenvalue weighted by atomic mass is 10.1. The third-order valence-electron chi connectivity index (χ3n) is 2.92. The normalized spacial score (nSPS) is 20.6. The Morgan fingerprint density at radius 3 is 3.00 bits per heavy atom. The van der Waals surface area contributed by atoms with Gasteiger partial charge in [0.05, 0.1) is 13.2 Å². The summed E-state index contributed by atoms with van der Waals surface area (Å²) >= 11 is 0. The fraction of sp³-hybridized carbons (Fsp3) is 0.917. The zero-order valence-electron chi connectivity index (χ0n) is 10.9. The van der Waals surface area contributed by atoms with Crippen LogP contribution in [-0.4, -0.2) is 63.4 Å². The molecule has 0 aromatic heterocycles. The Kier molecular flexibility index (Phi) is 7.16. The first-order valence-electron chi connectivity index (χ1n) is 6.35. The summed E-state index contributed by atoms with van der Waals surface area (Å²) in [6, 6.07) is 0.441. The van der Waals surface area contributed by atoms with Gasteiger partial charge in [0.25, 0.3) is 0 Å². The number of rotatable bonds is 7. The first-order chi connectivity index (χ1) is 8.27. The number of nitrogens with one attached hydrogen (secondary N) is 1. The number of amides is 1. The summed E-state index contributed by atoms with van der Waals surface area (Å²) in [5.74, 6) is 0.0868. The molecule has 1 rings (SSSR count). The van der Waals surface area contributed by atoms with Gasteiger partial charge in [-0.15, -0.1) is 0 Å². The maximum atomic E-state index is 11.8. The largest absolute Gasteiger partial charge is 0.382 e. The van der Waals surface area contributed by atoms with Crippen molar-refractivity contribution < 1.29 is 14.3 Å². The zero-order chi connectivity index (χ0) is 12.5. The number of nitrogens with zero attached hydrogens (tertiary/aromatic N) is 1. The molecule has 1 atom stereocenters. The number of hydrogen-bond acceptors (Lipinski definition) is 4. The lowest BCUT2D eigenvalue weighted by Gasteiger charge is -2.33. The van der Waals surface area contributed by atoms with Gasteiger partial charge in [0.1, 0.15) is 6.61 Å². The molecule has 0 aromatic rings. The number of carbonyl (C=O) groups excluding carboxylic acids is 1. The molecule has 1 aliphatic heterocycles. The van der Waals surface area contributed by atoms with E-state index in [0.717, 1.165) is 32.5 Å². The Morgan fingerprint density at radius 2 is 2.29 bits per heavy atom. The molecule has 5 nitrogen and oxygen atoms in total. The summed E-state index contributed by atoms with van der Waals surface area (Å²) in [7, 11) is 1.62. The van der Waals surface area contributed by atoms with Gasteiger partial charge in [0.15, 0.2) is 0 Å². The topological polar surface area (TPSA) is 50.8 Å². The van der Waals surface area contributed by atoms with Crippen molar-refractivity contribution in [3.63, 3.8) is 0 Å². The van der Waals surface area contributed by atoms with Gasteiger partial charge in [-0.2, -0.15) is 0 Å². The van der Waals surface area contributed by atoms with Crippen molar-refractivity contribution in [1.82, 2.24) is 10.2 Å². The molecule has 100 valence electrons. The van der Waals surface area contributed by atoms with Crippen LogP contribution < -0.4 is 5.32 Å². The van der Waals surface area contributed by atoms with Crippen molar-refractivity contribution in [2.24, 2.45) is 0 Å². The highest BCUT2D eigenvalue weighted by Gasteiger charge is 2.22. The summed E-state index contributed by atoms with van der Waals surface area (Å²) in [6.45, 7) is 5.89. The van der Waals surface area contributed by atoms with Crippen LogP contribution in [0.4, 0.5) is 0 Å². The molecule has 5 heteroatoms. The quantitative estimate of drug-likeness (QED) is 0.652. The second-order valence-corrected chi connectivity index (χ2v) is 4.28. The zero-order valence-corrected chi connectivity index (χ0v) is 10.9. The Labute approximate surface area is 103 Å². The molecule has 0 aliphatic carbocycles. The SMILES string of the molecule is CCNC1CCCN(C(=O)COCCOC)C1. The fourth-order valence-electron chi connectivity index (χ4n) is 2.05. The van der Waals surface area contributed by atoms with Gasteiger partial charge < -0.3 is 19.7 Å². The molecule has 1 unspecified atom stereocenters. The van der Waals surface area contributed by atoms with Crippen molar-refractivity contribution in [3.05, 3.63) is 0 Å². The molecule has 0 radical (unpaired) electrons. The molecule has 1 amide bonds. The fourth-order valence-corrected chi connectivity index (χ4v) is 2.05. The third kappa shape index (κ3) is 5.48. The second kappa shape index (κ2) is 8.44. The highest BCUT2D eigenvalue weighted by atomic mass is 16.5. The predicted octanol–water partition coefficient (Wildman–Crippen LogP) is 0.250. The minimum Gasteiger partial charge on any atom is -0.382 e. The Balaban J connectivity index is 2.21. The van der Waals surface area contributed by atoms with Gasteiger partial charge in [-0.05, 0) is 19.4 Å². The maximum absolute atomic E-state index is 11.8. The molecular weight excluding hydrogens is 220 g/mol. The molecule has 1 fully saturated rings. The number of likely N-dealkylation sites (tertiary alicyclic amines) is 1. The second-order valence-electron chi connectivity index (χ2n) is 4.28. The van der Waals surface area contributed by atoms with Crippen LogP contribution in [0.3, 0.4) is 0 Å². The van der Waals surface area contributed by atoms with E-state index in [0.29, 0.717) is 19.3 Å². The molecule has 1 saturated heterocycles. The van der Waals surface area contributed by atoms with Gasteiger partial charge in [0, 0.05) is 26.2 Å². The van der Waals surface area contributed by atoms with E-state index < -0.39 is 0 Å². The van der Waals surface area contributed by atoms with Crippen LogP contribution in [0.25, 0.3) is 0 Å². The molecule has 0 saturated carbocycles. The number of piperidine rings is 1. The lowest BCUT2D eigenvalue weighted by Crippen LogP contribution is -2.49. The van der Waals surface area contributed by atoms with Crippen LogP contribution in [0.5, 0.6) is 0 Å². The van der Waals surface area contributed by atoms with Gasteiger partial charge >= 0.3 is 0 Å². The van der Waals surface area contributed by atoms with E-state index in [2.05, 4.69) is 12.2 Å². The Hall–Kier alpha value is -0.650. The van der Waals surface area contributed by atoms with Crippen molar-refractivity contribution in [2.75, 3.05) is 46.6 Å². The van der Waals surface area contributed by atoms with E-state index in [9.17, 15) is 4.79 Å². The molecule has 0 bridgehead atoms. The van der Waals surface area contributed by atoms with Gasteiger partial charge in [-0.1, -0.05) is 6.92 Å². The minimum atomic E-state index is 0.0868. The van der Waals surface area contributed by atoms with Crippen LogP contribution in [0.2, 0.25) is 0 Å². The van der Waals surface area contributed by atoms with Gasteiger partial charge in [0.2, 0.25) is 5.91 Å². The maximum Gasteiger partial charge on any atom is 0.248 e. The van der Waals surface area contributed by atoms with E-state index in [1.54, 1.807) is 7.11 Å². The molecule has 0 spiro atoms. The van der Waals surface area contributed by atoms with E-state index in [4.69, 9.17) is 9.47 Å².